The molecule has 3 N–H and O–H groups in total. The highest BCUT2D eigenvalue weighted by atomic mass is 16.4. The first-order valence-electron chi connectivity index (χ1n) is 4.92. The van der Waals surface area contributed by atoms with Gasteiger partial charge in [0.05, 0.1) is 5.41 Å². The fraction of sp³-hybridized carbons (Fsp3) is 0.900. The van der Waals surface area contributed by atoms with Crippen LogP contribution in [0.2, 0.25) is 0 Å². The zero-order valence-corrected chi connectivity index (χ0v) is 8.42. The summed E-state index contributed by atoms with van der Waals surface area (Å²) in [6, 6.07) is 0.0693. The largest absolute Gasteiger partial charge is 0.481 e. The van der Waals surface area contributed by atoms with Gasteiger partial charge in [0.1, 0.15) is 0 Å². The fourth-order valence-electron chi connectivity index (χ4n) is 1.71. The molecule has 0 aromatic carbocycles. The van der Waals surface area contributed by atoms with Crippen molar-refractivity contribution in [3.63, 3.8) is 0 Å². The van der Waals surface area contributed by atoms with Crippen LogP contribution in [-0.4, -0.2) is 17.1 Å². The van der Waals surface area contributed by atoms with Gasteiger partial charge in [-0.15, -0.1) is 0 Å². The van der Waals surface area contributed by atoms with Gasteiger partial charge in [0, 0.05) is 6.04 Å². The summed E-state index contributed by atoms with van der Waals surface area (Å²) in [5, 5.41) is 8.91. The van der Waals surface area contributed by atoms with E-state index in [4.69, 9.17) is 10.8 Å². The fourth-order valence-corrected chi connectivity index (χ4v) is 1.71. The first-order chi connectivity index (χ1) is 5.93. The molecule has 0 aliphatic heterocycles. The van der Waals surface area contributed by atoms with E-state index in [0.29, 0.717) is 12.3 Å². The Morgan fingerprint density at radius 2 is 2.15 bits per heavy atom. The third-order valence-electron chi connectivity index (χ3n) is 3.08. The molecule has 3 nitrogen and oxygen atoms in total. The Hall–Kier alpha value is -0.570. The van der Waals surface area contributed by atoms with E-state index in [0.717, 1.165) is 0 Å². The Balaban J connectivity index is 2.41. The van der Waals surface area contributed by atoms with Crippen molar-refractivity contribution in [3.8, 4) is 0 Å². The number of hydrogen-bond acceptors (Lipinski definition) is 2. The van der Waals surface area contributed by atoms with Crippen LogP contribution in [0.5, 0.6) is 0 Å². The van der Waals surface area contributed by atoms with E-state index in [-0.39, 0.29) is 6.04 Å². The topological polar surface area (TPSA) is 63.3 Å². The van der Waals surface area contributed by atoms with Gasteiger partial charge < -0.3 is 10.8 Å². The summed E-state index contributed by atoms with van der Waals surface area (Å²) in [6.45, 7) is 3.49. The van der Waals surface area contributed by atoms with Crippen LogP contribution in [-0.2, 0) is 4.79 Å². The highest BCUT2D eigenvalue weighted by Gasteiger charge is 2.34. The van der Waals surface area contributed by atoms with Crippen LogP contribution in [0.1, 0.15) is 39.5 Å². The zero-order chi connectivity index (χ0) is 10.1. The summed E-state index contributed by atoms with van der Waals surface area (Å²) in [4.78, 5) is 10.8. The number of carbonyl (C=O) groups is 1. The maximum Gasteiger partial charge on any atom is 0.309 e. The average molecular weight is 185 g/mol. The third kappa shape index (κ3) is 2.44. The molecular weight excluding hydrogens is 166 g/mol. The molecule has 0 saturated heterocycles. The van der Waals surface area contributed by atoms with Crippen LogP contribution in [0.4, 0.5) is 0 Å². The summed E-state index contributed by atoms with van der Waals surface area (Å²) in [5.74, 6) is -0.180. The quantitative estimate of drug-likeness (QED) is 0.699. The second-order valence-electron chi connectivity index (χ2n) is 4.75. The van der Waals surface area contributed by atoms with Crippen molar-refractivity contribution in [1.82, 2.24) is 0 Å². The molecule has 1 unspecified atom stereocenters. The lowest BCUT2D eigenvalue weighted by atomic mass is 9.74. The van der Waals surface area contributed by atoms with Gasteiger partial charge in [-0.25, -0.2) is 0 Å². The van der Waals surface area contributed by atoms with Gasteiger partial charge in [-0.3, -0.25) is 4.79 Å². The minimum atomic E-state index is -0.748. The third-order valence-corrected chi connectivity index (χ3v) is 3.08. The van der Waals surface area contributed by atoms with E-state index < -0.39 is 11.4 Å². The van der Waals surface area contributed by atoms with Crippen LogP contribution in [0.25, 0.3) is 0 Å². The van der Waals surface area contributed by atoms with Gasteiger partial charge in [0.15, 0.2) is 0 Å². The van der Waals surface area contributed by atoms with Crippen LogP contribution >= 0.6 is 0 Å². The molecule has 3 heteroatoms. The molecule has 1 rings (SSSR count). The van der Waals surface area contributed by atoms with Crippen LogP contribution in [0.3, 0.4) is 0 Å². The number of aliphatic carboxylic acids is 1. The summed E-state index contributed by atoms with van der Waals surface area (Å²) < 4.78 is 0. The van der Waals surface area contributed by atoms with E-state index in [9.17, 15) is 4.79 Å². The smallest absolute Gasteiger partial charge is 0.309 e. The van der Waals surface area contributed by atoms with Crippen LogP contribution in [0, 0.1) is 11.3 Å². The van der Waals surface area contributed by atoms with Gasteiger partial charge in [-0.05, 0) is 39.0 Å². The molecule has 0 heterocycles. The molecule has 0 bridgehead atoms. The van der Waals surface area contributed by atoms with Crippen molar-refractivity contribution in [2.75, 3.05) is 0 Å². The first-order valence-corrected chi connectivity index (χ1v) is 4.92. The van der Waals surface area contributed by atoms with Crippen molar-refractivity contribution in [2.24, 2.45) is 17.1 Å². The van der Waals surface area contributed by atoms with Gasteiger partial charge in [-0.1, -0.05) is 6.42 Å². The number of rotatable bonds is 4. The lowest BCUT2D eigenvalue weighted by Crippen LogP contribution is -2.40. The Morgan fingerprint density at radius 1 is 1.62 bits per heavy atom. The predicted molar refractivity (Wildman–Crippen MR) is 51.4 cm³/mol. The Kier molecular flexibility index (Phi) is 2.96. The maximum atomic E-state index is 10.8. The Morgan fingerprint density at radius 3 is 2.46 bits per heavy atom. The van der Waals surface area contributed by atoms with Gasteiger partial charge >= 0.3 is 5.97 Å². The summed E-state index contributed by atoms with van der Waals surface area (Å²) in [5.41, 5.74) is 5.27. The lowest BCUT2D eigenvalue weighted by molar-refractivity contribution is -0.147. The SMILES string of the molecule is CC(C)(CC(N)C1CCC1)C(=O)O. The number of carboxylic acid groups (broad SMARTS) is 1. The molecule has 0 spiro atoms. The second-order valence-corrected chi connectivity index (χ2v) is 4.75. The highest BCUT2D eigenvalue weighted by molar-refractivity contribution is 5.73. The molecular formula is C10H19NO2. The summed E-state index contributed by atoms with van der Waals surface area (Å²) in [7, 11) is 0. The summed E-state index contributed by atoms with van der Waals surface area (Å²) >= 11 is 0. The average Bonchev–Trinajstić information content (AvgIpc) is 1.80. The monoisotopic (exact) mass is 185 g/mol. The van der Waals surface area contributed by atoms with Gasteiger partial charge in [0.2, 0.25) is 0 Å². The van der Waals surface area contributed by atoms with E-state index in [1.807, 2.05) is 0 Å². The minimum Gasteiger partial charge on any atom is -0.481 e. The molecule has 0 aromatic rings. The number of nitrogens with two attached hydrogens (primary N) is 1. The molecule has 1 atom stereocenters. The standard InChI is InChI=1S/C10H19NO2/c1-10(2,9(12)13)6-8(11)7-4-3-5-7/h7-8H,3-6,11H2,1-2H3,(H,12,13). The molecule has 1 aliphatic rings. The molecule has 1 saturated carbocycles. The van der Waals surface area contributed by atoms with E-state index >= 15 is 0 Å². The van der Waals surface area contributed by atoms with Crippen LogP contribution in [0.15, 0.2) is 0 Å². The van der Waals surface area contributed by atoms with E-state index in [2.05, 4.69) is 0 Å². The van der Waals surface area contributed by atoms with Crippen molar-refractivity contribution < 1.29 is 9.90 Å². The zero-order valence-electron chi connectivity index (χ0n) is 8.42. The van der Waals surface area contributed by atoms with Crippen molar-refractivity contribution >= 4 is 5.97 Å². The molecule has 0 amide bonds. The minimum absolute atomic E-state index is 0.0693. The number of hydrogen-bond donors (Lipinski definition) is 2. The Bertz CT molecular complexity index is 197. The number of carboxylic acids is 1. The van der Waals surface area contributed by atoms with Gasteiger partial charge in [0.25, 0.3) is 0 Å². The van der Waals surface area contributed by atoms with Crippen LogP contribution < -0.4 is 5.73 Å². The molecule has 1 fully saturated rings. The van der Waals surface area contributed by atoms with E-state index in [1.54, 1.807) is 13.8 Å². The molecule has 13 heavy (non-hydrogen) atoms. The molecule has 0 radical (unpaired) electrons. The van der Waals surface area contributed by atoms with E-state index in [1.165, 1.54) is 19.3 Å². The summed E-state index contributed by atoms with van der Waals surface area (Å²) in [6.07, 6.45) is 4.20. The predicted octanol–water partition coefficient (Wildman–Crippen LogP) is 1.61. The highest BCUT2D eigenvalue weighted by Crippen LogP contribution is 2.34. The molecule has 1 aliphatic carbocycles. The Labute approximate surface area is 79.3 Å². The lowest BCUT2D eigenvalue weighted by Gasteiger charge is -2.34. The van der Waals surface area contributed by atoms with Crippen molar-refractivity contribution in [2.45, 2.75) is 45.6 Å². The maximum absolute atomic E-state index is 10.8. The normalized spacial score (nSPS) is 20.8. The molecule has 0 aromatic heterocycles. The van der Waals surface area contributed by atoms with Crippen molar-refractivity contribution in [3.05, 3.63) is 0 Å². The van der Waals surface area contributed by atoms with Gasteiger partial charge in [-0.2, -0.15) is 0 Å². The molecule has 76 valence electrons. The second kappa shape index (κ2) is 3.66. The van der Waals surface area contributed by atoms with Crippen molar-refractivity contribution in [1.29, 1.82) is 0 Å². The first kappa shape index (κ1) is 10.5.